The Morgan fingerprint density at radius 3 is 2.48 bits per heavy atom. The van der Waals surface area contributed by atoms with E-state index in [1.807, 2.05) is 55.5 Å². The van der Waals surface area contributed by atoms with Gasteiger partial charge in [-0.1, -0.05) is 0 Å². The standard InChI is InChI=1S/C19H22N4OSe/c1-15(17-9-5-6-12-20-17)21-22-18(25)23-13-10-19(24,11-14-23)16-7-3-2-4-8-16/h2-9,12,24H,10-11,13-14H2,1H3,(H,22,25). The van der Waals surface area contributed by atoms with Gasteiger partial charge < -0.3 is 0 Å². The van der Waals surface area contributed by atoms with Gasteiger partial charge in [-0.25, -0.2) is 0 Å². The van der Waals surface area contributed by atoms with E-state index in [-0.39, 0.29) is 0 Å². The summed E-state index contributed by atoms with van der Waals surface area (Å²) < 4.78 is 0.866. The Kier molecular flexibility index (Phi) is 5.63. The van der Waals surface area contributed by atoms with Gasteiger partial charge in [0.25, 0.3) is 0 Å². The number of aromatic nitrogens is 1. The Morgan fingerprint density at radius 1 is 1.16 bits per heavy atom. The molecule has 0 amide bonds. The maximum atomic E-state index is 10.9. The van der Waals surface area contributed by atoms with Crippen LogP contribution in [0.25, 0.3) is 0 Å². The molecule has 1 aromatic heterocycles. The summed E-state index contributed by atoms with van der Waals surface area (Å²) in [7, 11) is 0. The molecule has 1 fully saturated rings. The Morgan fingerprint density at radius 2 is 1.84 bits per heavy atom. The van der Waals surface area contributed by atoms with E-state index in [0.29, 0.717) is 12.8 Å². The topological polar surface area (TPSA) is 60.8 Å². The van der Waals surface area contributed by atoms with Crippen LogP contribution in [0.1, 0.15) is 31.0 Å². The van der Waals surface area contributed by atoms with Crippen LogP contribution >= 0.6 is 0 Å². The first-order valence-electron chi connectivity index (χ1n) is 8.37. The van der Waals surface area contributed by atoms with Crippen molar-refractivity contribution in [2.75, 3.05) is 13.1 Å². The minimum atomic E-state index is -0.745. The van der Waals surface area contributed by atoms with Crippen LogP contribution in [0.2, 0.25) is 0 Å². The SMILES string of the molecule is CC(=NNC(=[Se])N1CCC(O)(c2ccccc2)CC1)c1ccccn1. The summed E-state index contributed by atoms with van der Waals surface area (Å²) in [6.07, 6.45) is 3.13. The summed E-state index contributed by atoms with van der Waals surface area (Å²) in [6.45, 7) is 3.45. The van der Waals surface area contributed by atoms with E-state index < -0.39 is 5.60 Å². The van der Waals surface area contributed by atoms with Crippen molar-refractivity contribution in [1.82, 2.24) is 15.3 Å². The fraction of sp³-hybridized carbons (Fsp3) is 0.316. The molecule has 1 aromatic carbocycles. The molecule has 1 saturated heterocycles. The molecule has 25 heavy (non-hydrogen) atoms. The molecule has 130 valence electrons. The Hall–Kier alpha value is -2.01. The number of rotatable bonds is 5. The molecule has 2 aromatic rings. The molecule has 2 N–H and O–H groups in total. The maximum absolute atomic E-state index is 10.9. The van der Waals surface area contributed by atoms with Gasteiger partial charge in [0.15, 0.2) is 0 Å². The van der Waals surface area contributed by atoms with Gasteiger partial charge in [0.1, 0.15) is 0 Å². The van der Waals surface area contributed by atoms with Gasteiger partial charge in [0.2, 0.25) is 0 Å². The third kappa shape index (κ3) is 4.34. The average Bonchev–Trinajstić information content (AvgIpc) is 2.68. The molecule has 0 aliphatic carbocycles. The van der Waals surface area contributed by atoms with E-state index in [0.717, 1.165) is 34.7 Å². The second-order valence-electron chi connectivity index (χ2n) is 6.21. The van der Waals surface area contributed by atoms with E-state index in [1.54, 1.807) is 6.20 Å². The van der Waals surface area contributed by atoms with Crippen LogP contribution in [0.15, 0.2) is 59.8 Å². The zero-order valence-corrected chi connectivity index (χ0v) is 15.9. The van der Waals surface area contributed by atoms with E-state index in [1.165, 1.54) is 0 Å². The molecule has 0 bridgehead atoms. The molecule has 0 radical (unpaired) electrons. The Labute approximate surface area is 156 Å². The summed E-state index contributed by atoms with van der Waals surface area (Å²) in [5.74, 6) is 0. The molecular formula is C19H22N4OSe. The van der Waals surface area contributed by atoms with Crippen molar-refractivity contribution in [3.63, 3.8) is 0 Å². The van der Waals surface area contributed by atoms with Gasteiger partial charge >= 0.3 is 156 Å². The molecule has 5 nitrogen and oxygen atoms in total. The first-order valence-corrected chi connectivity index (χ1v) is 9.23. The predicted octanol–water partition coefficient (Wildman–Crippen LogP) is 1.63. The van der Waals surface area contributed by atoms with Crippen molar-refractivity contribution in [2.24, 2.45) is 5.10 Å². The number of pyridine rings is 1. The summed E-state index contributed by atoms with van der Waals surface area (Å²) in [4.78, 5) is 6.46. The summed E-state index contributed by atoms with van der Waals surface area (Å²) >= 11 is 3.04. The third-order valence-electron chi connectivity index (χ3n) is 4.54. The van der Waals surface area contributed by atoms with E-state index in [4.69, 9.17) is 0 Å². The van der Waals surface area contributed by atoms with Crippen molar-refractivity contribution >= 4 is 26.0 Å². The molecule has 0 atom stereocenters. The molecule has 3 rings (SSSR count). The number of aliphatic hydroxyl groups is 1. The third-order valence-corrected chi connectivity index (χ3v) is 5.28. The van der Waals surface area contributed by atoms with Gasteiger partial charge in [0, 0.05) is 0 Å². The molecule has 0 unspecified atom stereocenters. The number of benzene rings is 1. The number of likely N-dealkylation sites (tertiary alicyclic amines) is 1. The minimum absolute atomic E-state index is 0.687. The van der Waals surface area contributed by atoms with Crippen molar-refractivity contribution in [2.45, 2.75) is 25.4 Å². The van der Waals surface area contributed by atoms with E-state index in [2.05, 4.69) is 36.0 Å². The molecule has 0 saturated carbocycles. The quantitative estimate of drug-likeness (QED) is 0.454. The number of hydrogen-bond donors (Lipinski definition) is 2. The van der Waals surface area contributed by atoms with E-state index in [9.17, 15) is 5.11 Å². The van der Waals surface area contributed by atoms with Crippen molar-refractivity contribution in [3.8, 4) is 0 Å². The van der Waals surface area contributed by atoms with Crippen LogP contribution in [0.3, 0.4) is 0 Å². The number of nitrogens with zero attached hydrogens (tertiary/aromatic N) is 3. The number of piperidine rings is 1. The average molecular weight is 401 g/mol. The summed E-state index contributed by atoms with van der Waals surface area (Å²) in [6, 6.07) is 15.7. The van der Waals surface area contributed by atoms with Crippen molar-refractivity contribution in [3.05, 3.63) is 66.0 Å². The number of nitrogens with one attached hydrogen (secondary N) is 1. The van der Waals surface area contributed by atoms with Crippen LogP contribution in [0.4, 0.5) is 0 Å². The van der Waals surface area contributed by atoms with Crippen LogP contribution in [-0.2, 0) is 5.60 Å². The van der Waals surface area contributed by atoms with Crippen molar-refractivity contribution in [1.29, 1.82) is 0 Å². The first-order chi connectivity index (χ1) is 12.1. The van der Waals surface area contributed by atoms with E-state index >= 15 is 0 Å². The second kappa shape index (κ2) is 7.91. The molecule has 1 aliphatic heterocycles. The molecule has 6 heteroatoms. The van der Waals surface area contributed by atoms with Crippen LogP contribution < -0.4 is 5.43 Å². The monoisotopic (exact) mass is 402 g/mol. The predicted molar refractivity (Wildman–Crippen MR) is 101 cm³/mol. The van der Waals surface area contributed by atoms with Gasteiger partial charge in [-0.05, 0) is 0 Å². The fourth-order valence-corrected chi connectivity index (χ4v) is 3.43. The number of hydrazone groups is 1. The van der Waals surface area contributed by atoms with Gasteiger partial charge in [-0.2, -0.15) is 0 Å². The van der Waals surface area contributed by atoms with Gasteiger partial charge in [-0.15, -0.1) is 0 Å². The number of hydrogen-bond acceptors (Lipinski definition) is 5. The van der Waals surface area contributed by atoms with Crippen LogP contribution in [-0.4, -0.2) is 54.0 Å². The zero-order chi connectivity index (χ0) is 17.7. The fourth-order valence-electron chi connectivity index (χ4n) is 2.95. The van der Waals surface area contributed by atoms with Gasteiger partial charge in [-0.3, -0.25) is 0 Å². The summed E-state index contributed by atoms with van der Waals surface area (Å²) in [5.41, 5.74) is 4.99. The van der Waals surface area contributed by atoms with Crippen molar-refractivity contribution < 1.29 is 5.11 Å². The zero-order valence-electron chi connectivity index (χ0n) is 14.2. The normalized spacial score (nSPS) is 17.2. The molecule has 2 heterocycles. The second-order valence-corrected chi connectivity index (χ2v) is 7.03. The Balaban J connectivity index is 1.57. The van der Waals surface area contributed by atoms with Crippen LogP contribution in [0, 0.1) is 0 Å². The van der Waals surface area contributed by atoms with Gasteiger partial charge in [0.05, 0.1) is 0 Å². The molecular weight excluding hydrogens is 379 g/mol. The Bertz CT molecular complexity index is 741. The summed E-state index contributed by atoms with van der Waals surface area (Å²) in [5, 5.41) is 15.3. The first kappa shape index (κ1) is 17.8. The molecule has 0 spiro atoms. The van der Waals surface area contributed by atoms with Crippen LogP contribution in [0.5, 0.6) is 0 Å². The molecule has 1 aliphatic rings.